The summed E-state index contributed by atoms with van der Waals surface area (Å²) in [6.45, 7) is 0.701. The van der Waals surface area contributed by atoms with Gasteiger partial charge in [-0.3, -0.25) is 19.6 Å². The number of H-pyrrole nitrogens is 2. The molecule has 3 heterocycles. The molecule has 4 rings (SSSR count). The number of fused-ring (bicyclic) bond motifs is 1. The minimum Gasteiger partial charge on any atom is -0.463 e. The van der Waals surface area contributed by atoms with Crippen LogP contribution in [0.15, 0.2) is 9.59 Å². The number of nitrogen functional groups attached to an aromatic ring is 1. The van der Waals surface area contributed by atoms with E-state index in [0.717, 1.165) is 24.0 Å². The molecule has 14 nitrogen and oxygen atoms in total. The lowest BCUT2D eigenvalue weighted by atomic mass is 9.89. The Bertz CT molecular complexity index is 1230. The highest BCUT2D eigenvalue weighted by Gasteiger charge is 2.45. The predicted molar refractivity (Wildman–Crippen MR) is 143 cm³/mol. The number of esters is 1. The fourth-order valence-electron chi connectivity index (χ4n) is 5.60. The number of anilines is 1. The predicted octanol–water partition coefficient (Wildman–Crippen LogP) is -0.477. The van der Waals surface area contributed by atoms with Gasteiger partial charge in [-0.05, 0) is 66.2 Å². The Morgan fingerprint density at radius 3 is 2.46 bits per heavy atom. The number of rotatable bonds is 11. The number of ether oxygens (including phenoxy) is 2. The Balaban J connectivity index is 1.19. The van der Waals surface area contributed by atoms with Crippen molar-refractivity contribution >= 4 is 23.1 Å². The van der Waals surface area contributed by atoms with Crippen molar-refractivity contribution in [3.05, 3.63) is 20.8 Å². The Labute approximate surface area is 226 Å². The summed E-state index contributed by atoms with van der Waals surface area (Å²) in [5.74, 6) is -0.651. The number of hydrogen-bond acceptors (Lipinski definition) is 11. The Morgan fingerprint density at radius 2 is 1.77 bits per heavy atom. The van der Waals surface area contributed by atoms with E-state index in [1.807, 2.05) is 0 Å². The van der Waals surface area contributed by atoms with Crippen LogP contribution in [0.2, 0.25) is 0 Å². The zero-order valence-corrected chi connectivity index (χ0v) is 22.8. The minimum absolute atomic E-state index is 0.123. The highest BCUT2D eigenvalue weighted by atomic mass is 16.6. The second kappa shape index (κ2) is 12.6. The molecule has 14 heteroatoms. The molecule has 1 saturated heterocycles. The van der Waals surface area contributed by atoms with Gasteiger partial charge < -0.3 is 35.2 Å². The molecule has 2 unspecified atom stereocenters. The zero-order chi connectivity index (χ0) is 28.3. The normalized spacial score (nSPS) is 27.6. The largest absolute Gasteiger partial charge is 0.463 e. The van der Waals surface area contributed by atoms with Crippen LogP contribution in [-0.2, 0) is 14.3 Å². The van der Waals surface area contributed by atoms with Gasteiger partial charge in [0, 0.05) is 18.5 Å². The summed E-state index contributed by atoms with van der Waals surface area (Å²) in [4.78, 5) is 50.1. The molecule has 2 aliphatic rings. The minimum atomic E-state index is -1.53. The van der Waals surface area contributed by atoms with Crippen molar-refractivity contribution in [2.75, 3.05) is 40.0 Å². The second-order valence-electron chi connectivity index (χ2n) is 10.9. The number of nitrogens with one attached hydrogen (secondary N) is 2. The molecule has 4 atom stereocenters. The summed E-state index contributed by atoms with van der Waals surface area (Å²) in [5, 5.41) is 21.0. The first-order valence-corrected chi connectivity index (χ1v) is 13.6. The highest BCUT2D eigenvalue weighted by molar-refractivity contribution is 5.70. The number of aromatic nitrogens is 4. The number of imidazole rings is 1. The molecule has 2 fully saturated rings. The van der Waals surface area contributed by atoms with Gasteiger partial charge in [-0.1, -0.05) is 6.42 Å². The molecule has 2 aromatic heterocycles. The van der Waals surface area contributed by atoms with E-state index in [1.165, 1.54) is 25.7 Å². The van der Waals surface area contributed by atoms with Gasteiger partial charge in [0.05, 0.1) is 0 Å². The van der Waals surface area contributed by atoms with Gasteiger partial charge in [0.25, 0.3) is 5.56 Å². The fraction of sp³-hybridized carbons (Fsp3) is 0.760. The maximum Gasteiger partial charge on any atom is 0.330 e. The van der Waals surface area contributed by atoms with Crippen LogP contribution >= 0.6 is 0 Å². The van der Waals surface area contributed by atoms with Crippen molar-refractivity contribution in [1.82, 2.24) is 29.3 Å². The lowest BCUT2D eigenvalue weighted by Crippen LogP contribution is -2.40. The molecule has 0 spiro atoms. The zero-order valence-electron chi connectivity index (χ0n) is 22.8. The summed E-state index contributed by atoms with van der Waals surface area (Å²) in [7, 11) is 6.47. The third-order valence-corrected chi connectivity index (χ3v) is 8.01. The molecule has 1 aliphatic carbocycles. The molecule has 0 amide bonds. The van der Waals surface area contributed by atoms with Crippen molar-refractivity contribution in [1.29, 1.82) is 0 Å². The third-order valence-electron chi connectivity index (χ3n) is 8.01. The quantitative estimate of drug-likeness (QED) is 0.179. The van der Waals surface area contributed by atoms with Crippen LogP contribution in [0.1, 0.15) is 57.6 Å². The lowest BCUT2D eigenvalue weighted by Gasteiger charge is -2.37. The Morgan fingerprint density at radius 1 is 1.08 bits per heavy atom. The van der Waals surface area contributed by atoms with Crippen LogP contribution in [0, 0.1) is 0 Å². The van der Waals surface area contributed by atoms with E-state index >= 15 is 0 Å². The fourth-order valence-corrected chi connectivity index (χ4v) is 5.60. The number of carbonyl (C=O) groups is 1. The van der Waals surface area contributed by atoms with Gasteiger partial charge >= 0.3 is 11.7 Å². The van der Waals surface area contributed by atoms with Gasteiger partial charge in [-0.15, -0.1) is 0 Å². The summed E-state index contributed by atoms with van der Waals surface area (Å²) in [5.41, 5.74) is 3.89. The Hall–Kier alpha value is -2.78. The van der Waals surface area contributed by atoms with Gasteiger partial charge in [0.1, 0.15) is 24.9 Å². The number of aromatic amines is 2. The molecule has 0 aromatic carbocycles. The first-order valence-electron chi connectivity index (χ1n) is 13.6. The number of nitrogens with zero attached hydrogens (tertiary/aromatic N) is 4. The molecule has 218 valence electrons. The van der Waals surface area contributed by atoms with Crippen molar-refractivity contribution < 1.29 is 24.5 Å². The molecule has 1 saturated carbocycles. The molecule has 1 aliphatic heterocycles. The highest BCUT2D eigenvalue weighted by Crippen LogP contribution is 2.30. The summed E-state index contributed by atoms with van der Waals surface area (Å²) in [6.07, 6.45) is 2.34. The van der Waals surface area contributed by atoms with Gasteiger partial charge in [0.2, 0.25) is 5.95 Å². The van der Waals surface area contributed by atoms with Crippen LogP contribution in [0.5, 0.6) is 0 Å². The van der Waals surface area contributed by atoms with E-state index in [9.17, 15) is 24.6 Å². The van der Waals surface area contributed by atoms with E-state index in [0.29, 0.717) is 18.5 Å². The summed E-state index contributed by atoms with van der Waals surface area (Å²) >= 11 is 0. The van der Waals surface area contributed by atoms with Crippen molar-refractivity contribution in [3.8, 4) is 0 Å². The maximum absolute atomic E-state index is 12.5. The number of aliphatic hydroxyl groups excluding tert-OH is 2. The van der Waals surface area contributed by atoms with Crippen molar-refractivity contribution in [2.45, 2.75) is 88.0 Å². The summed E-state index contributed by atoms with van der Waals surface area (Å²) < 4.78 is 11.9. The molecule has 0 radical (unpaired) electrons. The lowest BCUT2D eigenvalue weighted by molar-refractivity contribution is -0.150. The first-order chi connectivity index (χ1) is 18.6. The standard InChI is InChI=1S/C25H41N7O7/c1-30(2)14-8-10-15(11-9-14)31(3)12-6-4-5-7-17(33)38-13-16-19(34)20(35)23(39-16)32-21-18(27-25(32)37)22(36)29-24(26)28-21/h14-16,19-20,23,34-35H,4-13H2,1-3H3,(H,27,37)(H3,26,28,29,36)/t14?,15?,16-,19?,20?,23-/m0/s1. The molecule has 0 bridgehead atoms. The van der Waals surface area contributed by atoms with E-state index in [-0.39, 0.29) is 30.1 Å². The van der Waals surface area contributed by atoms with Crippen LogP contribution in [0.3, 0.4) is 0 Å². The molecule has 2 aromatic rings. The smallest absolute Gasteiger partial charge is 0.330 e. The number of nitrogens with two attached hydrogens (primary N) is 1. The van der Waals surface area contributed by atoms with Gasteiger partial charge in [-0.25, -0.2) is 9.36 Å². The molecular weight excluding hydrogens is 510 g/mol. The average Bonchev–Trinajstić information content (AvgIpc) is 3.37. The van der Waals surface area contributed by atoms with Crippen molar-refractivity contribution in [2.24, 2.45) is 0 Å². The summed E-state index contributed by atoms with van der Waals surface area (Å²) in [6, 6.07) is 1.31. The van der Waals surface area contributed by atoms with Crippen molar-refractivity contribution in [3.63, 3.8) is 0 Å². The number of aliphatic hydroxyl groups is 2. The maximum atomic E-state index is 12.5. The van der Waals surface area contributed by atoms with Crippen LogP contribution < -0.4 is 17.0 Å². The molecule has 6 N–H and O–H groups in total. The monoisotopic (exact) mass is 551 g/mol. The van der Waals surface area contributed by atoms with Gasteiger partial charge in [0.15, 0.2) is 17.4 Å². The van der Waals surface area contributed by atoms with E-state index in [1.54, 1.807) is 0 Å². The second-order valence-corrected chi connectivity index (χ2v) is 10.9. The van der Waals surface area contributed by atoms with E-state index in [2.05, 4.69) is 45.9 Å². The van der Waals surface area contributed by atoms with Crippen LogP contribution in [0.4, 0.5) is 5.95 Å². The SMILES string of the molecule is CN(C)C1CCC(N(C)CCCCCC(=O)OC[C@@H]2O[C@H](n3c(=O)[nH]c4c(=O)[nH]c(N)nc43)C(O)C2O)CC1. The van der Waals surface area contributed by atoms with Gasteiger partial charge in [-0.2, -0.15) is 4.98 Å². The van der Waals surface area contributed by atoms with E-state index in [4.69, 9.17) is 15.2 Å². The molecule has 39 heavy (non-hydrogen) atoms. The Kier molecular flexibility index (Phi) is 9.43. The number of hydrogen-bond donors (Lipinski definition) is 5. The topological polar surface area (TPSA) is 192 Å². The third kappa shape index (κ3) is 6.69. The van der Waals surface area contributed by atoms with Crippen LogP contribution in [0.25, 0.3) is 11.2 Å². The first kappa shape index (κ1) is 29.2. The van der Waals surface area contributed by atoms with Crippen LogP contribution in [-0.4, -0.2) is 110 Å². The number of unbranched alkanes of at least 4 members (excludes halogenated alkanes) is 2. The average molecular weight is 552 g/mol. The van der Waals surface area contributed by atoms with E-state index < -0.39 is 41.8 Å². The number of carbonyl (C=O) groups excluding carboxylic acids is 1. The molecular formula is C25H41N7O7.